The van der Waals surface area contributed by atoms with Gasteiger partial charge in [-0.05, 0) is 18.6 Å². The smallest absolute Gasteiger partial charge is 0.281 e. The summed E-state index contributed by atoms with van der Waals surface area (Å²) >= 11 is 0. The number of rotatable bonds is 1. The Labute approximate surface area is 122 Å². The average Bonchev–Trinajstić information content (AvgIpc) is 2.92. The molecule has 0 amide bonds. The van der Waals surface area contributed by atoms with E-state index in [9.17, 15) is 4.79 Å². The minimum atomic E-state index is -0.133. The maximum atomic E-state index is 12.2. The minimum absolute atomic E-state index is 0.133. The third-order valence-electron chi connectivity index (χ3n) is 4.16. The summed E-state index contributed by atoms with van der Waals surface area (Å²) in [5, 5.41) is 0.703. The number of allylic oxidation sites excluding steroid dienone is 1. The molecule has 4 rings (SSSR count). The second kappa shape index (κ2) is 5.00. The Morgan fingerprint density at radius 3 is 2.81 bits per heavy atom. The minimum Gasteiger partial charge on any atom is -0.378 e. The van der Waals surface area contributed by atoms with Crippen LogP contribution in [0.15, 0.2) is 35.3 Å². The summed E-state index contributed by atoms with van der Waals surface area (Å²) in [5.74, 6) is 0.824. The monoisotopic (exact) mass is 283 g/mol. The number of ether oxygens (including phenoxy) is 1. The fourth-order valence-electron chi connectivity index (χ4n) is 3.09. The van der Waals surface area contributed by atoms with Crippen LogP contribution in [0.3, 0.4) is 0 Å². The summed E-state index contributed by atoms with van der Waals surface area (Å²) in [5.41, 5.74) is 2.00. The highest BCUT2D eigenvalue weighted by Crippen LogP contribution is 2.28. The lowest BCUT2D eigenvalue weighted by atomic mass is 10.2. The van der Waals surface area contributed by atoms with Crippen molar-refractivity contribution < 1.29 is 4.74 Å². The van der Waals surface area contributed by atoms with E-state index in [1.54, 1.807) is 0 Å². The Hall–Kier alpha value is -2.14. The van der Waals surface area contributed by atoms with Gasteiger partial charge in [0.25, 0.3) is 5.56 Å². The Balaban J connectivity index is 1.81. The molecule has 1 saturated heterocycles. The molecule has 5 nitrogen and oxygen atoms in total. The fraction of sp³-hybridized carbons (Fsp3) is 0.375. The topological polar surface area (TPSA) is 47.4 Å². The zero-order chi connectivity index (χ0) is 14.2. The van der Waals surface area contributed by atoms with Gasteiger partial charge >= 0.3 is 0 Å². The van der Waals surface area contributed by atoms with E-state index in [0.717, 1.165) is 56.2 Å². The van der Waals surface area contributed by atoms with Gasteiger partial charge in [0.15, 0.2) is 0 Å². The van der Waals surface area contributed by atoms with Crippen molar-refractivity contribution in [3.63, 3.8) is 0 Å². The van der Waals surface area contributed by atoms with Crippen molar-refractivity contribution >= 4 is 16.5 Å². The maximum Gasteiger partial charge on any atom is 0.281 e. The van der Waals surface area contributed by atoms with Gasteiger partial charge in [0, 0.05) is 31.4 Å². The van der Waals surface area contributed by atoms with E-state index in [2.05, 4.69) is 20.7 Å². The van der Waals surface area contributed by atoms with Crippen LogP contribution < -0.4 is 5.56 Å². The number of nitrogens with zero attached hydrogens (tertiary/aromatic N) is 3. The highest BCUT2D eigenvalue weighted by molar-refractivity contribution is 5.81. The van der Waals surface area contributed by atoms with Gasteiger partial charge in [0.05, 0.1) is 24.1 Å². The van der Waals surface area contributed by atoms with Crippen molar-refractivity contribution in [3.8, 4) is 0 Å². The SMILES string of the molecule is O=c1nc2n(c3ccccc13)CC/C2=C\N1CCOCC1. The molecule has 2 aliphatic rings. The molecule has 2 aromatic rings. The molecule has 0 unspecified atom stereocenters. The third-order valence-corrected chi connectivity index (χ3v) is 4.16. The molecular formula is C16H17N3O2. The molecule has 0 radical (unpaired) electrons. The molecule has 3 heterocycles. The Kier molecular flexibility index (Phi) is 3.00. The number of aromatic nitrogens is 2. The molecule has 0 bridgehead atoms. The first-order chi connectivity index (χ1) is 10.3. The Bertz CT molecular complexity index is 773. The Morgan fingerprint density at radius 2 is 1.95 bits per heavy atom. The quantitative estimate of drug-likeness (QED) is 0.795. The first kappa shape index (κ1) is 12.6. The van der Waals surface area contributed by atoms with Crippen molar-refractivity contribution in [2.45, 2.75) is 13.0 Å². The lowest BCUT2D eigenvalue weighted by Crippen LogP contribution is -2.32. The molecule has 0 saturated carbocycles. The summed E-state index contributed by atoms with van der Waals surface area (Å²) < 4.78 is 7.52. The van der Waals surface area contributed by atoms with Crippen LogP contribution in [0, 0.1) is 0 Å². The summed E-state index contributed by atoms with van der Waals surface area (Å²) in [6.45, 7) is 4.23. The van der Waals surface area contributed by atoms with Crippen molar-refractivity contribution in [2.75, 3.05) is 26.3 Å². The molecular weight excluding hydrogens is 266 g/mol. The predicted molar refractivity (Wildman–Crippen MR) is 81.0 cm³/mol. The Morgan fingerprint density at radius 1 is 1.14 bits per heavy atom. The number of fused-ring (bicyclic) bond motifs is 3. The van der Waals surface area contributed by atoms with Crippen molar-refractivity contribution in [1.82, 2.24) is 14.5 Å². The largest absolute Gasteiger partial charge is 0.378 e. The molecule has 1 fully saturated rings. The second-order valence-corrected chi connectivity index (χ2v) is 5.46. The van der Waals surface area contributed by atoms with E-state index in [4.69, 9.17) is 4.74 Å². The molecule has 21 heavy (non-hydrogen) atoms. The van der Waals surface area contributed by atoms with Gasteiger partial charge in [-0.1, -0.05) is 12.1 Å². The number of aryl methyl sites for hydroxylation is 1. The second-order valence-electron chi connectivity index (χ2n) is 5.46. The van der Waals surface area contributed by atoms with Crippen molar-refractivity contribution in [1.29, 1.82) is 0 Å². The van der Waals surface area contributed by atoms with E-state index < -0.39 is 0 Å². The summed E-state index contributed by atoms with van der Waals surface area (Å²) in [6, 6.07) is 7.71. The van der Waals surface area contributed by atoms with Crippen LogP contribution in [0.5, 0.6) is 0 Å². The predicted octanol–water partition coefficient (Wildman–Crippen LogP) is 1.47. The number of morpholine rings is 1. The first-order valence-electron chi connectivity index (χ1n) is 7.35. The molecule has 1 aromatic heterocycles. The van der Waals surface area contributed by atoms with Gasteiger partial charge in [0.2, 0.25) is 0 Å². The van der Waals surface area contributed by atoms with Crippen LogP contribution in [0.2, 0.25) is 0 Å². The number of hydrogen-bond acceptors (Lipinski definition) is 4. The fourth-order valence-corrected chi connectivity index (χ4v) is 3.09. The van der Waals surface area contributed by atoms with E-state index >= 15 is 0 Å². The van der Waals surface area contributed by atoms with E-state index in [1.165, 1.54) is 0 Å². The lowest BCUT2D eigenvalue weighted by Gasteiger charge is -2.25. The molecule has 2 aliphatic heterocycles. The van der Waals surface area contributed by atoms with Gasteiger partial charge in [-0.15, -0.1) is 0 Å². The molecule has 108 valence electrons. The van der Waals surface area contributed by atoms with Crippen molar-refractivity contribution in [3.05, 3.63) is 46.6 Å². The molecule has 0 atom stereocenters. The zero-order valence-electron chi connectivity index (χ0n) is 11.8. The number of hydrogen-bond donors (Lipinski definition) is 0. The standard InChI is InChI=1S/C16H17N3O2/c20-16-13-3-1-2-4-14(13)19-6-5-12(15(19)17-16)11-18-7-9-21-10-8-18/h1-4,11H,5-10H2/b12-11+. The van der Waals surface area contributed by atoms with Gasteiger partial charge in [0.1, 0.15) is 5.82 Å². The maximum absolute atomic E-state index is 12.2. The summed E-state index contributed by atoms with van der Waals surface area (Å²) in [4.78, 5) is 18.8. The summed E-state index contributed by atoms with van der Waals surface area (Å²) in [7, 11) is 0. The molecule has 0 N–H and O–H groups in total. The van der Waals surface area contributed by atoms with Crippen LogP contribution in [0.25, 0.3) is 16.5 Å². The third kappa shape index (κ3) is 2.14. The van der Waals surface area contributed by atoms with Crippen LogP contribution in [0.4, 0.5) is 0 Å². The van der Waals surface area contributed by atoms with Crippen LogP contribution in [-0.4, -0.2) is 40.8 Å². The van der Waals surface area contributed by atoms with Gasteiger partial charge in [-0.3, -0.25) is 4.79 Å². The average molecular weight is 283 g/mol. The van der Waals surface area contributed by atoms with Gasteiger partial charge < -0.3 is 14.2 Å². The lowest BCUT2D eigenvalue weighted by molar-refractivity contribution is 0.0595. The van der Waals surface area contributed by atoms with Gasteiger partial charge in [-0.25, -0.2) is 0 Å². The highest BCUT2D eigenvalue weighted by Gasteiger charge is 2.21. The van der Waals surface area contributed by atoms with Crippen LogP contribution in [-0.2, 0) is 11.3 Å². The molecule has 1 aromatic carbocycles. The van der Waals surface area contributed by atoms with Gasteiger partial charge in [-0.2, -0.15) is 4.98 Å². The molecule has 0 aliphatic carbocycles. The van der Waals surface area contributed by atoms with E-state index in [1.807, 2.05) is 24.3 Å². The van der Waals surface area contributed by atoms with Crippen LogP contribution in [0.1, 0.15) is 12.2 Å². The van der Waals surface area contributed by atoms with Crippen LogP contribution >= 0.6 is 0 Å². The summed E-state index contributed by atoms with van der Waals surface area (Å²) in [6.07, 6.45) is 3.08. The number of benzene rings is 1. The highest BCUT2D eigenvalue weighted by atomic mass is 16.5. The van der Waals surface area contributed by atoms with Crippen molar-refractivity contribution in [2.24, 2.45) is 0 Å². The van der Waals surface area contributed by atoms with E-state index in [-0.39, 0.29) is 5.56 Å². The molecule has 0 spiro atoms. The number of para-hydroxylation sites is 1. The zero-order valence-corrected chi connectivity index (χ0v) is 11.8. The first-order valence-corrected chi connectivity index (χ1v) is 7.35. The van der Waals surface area contributed by atoms with E-state index in [0.29, 0.717) is 5.39 Å². The molecule has 5 heteroatoms. The normalized spacial score (nSPS) is 20.2.